The third kappa shape index (κ3) is 4.18. The van der Waals surface area contributed by atoms with Crippen LogP contribution in [0.3, 0.4) is 0 Å². The molecule has 1 saturated heterocycles. The van der Waals surface area contributed by atoms with Crippen molar-refractivity contribution in [2.45, 2.75) is 26.3 Å². The third-order valence-electron chi connectivity index (χ3n) is 5.52. The van der Waals surface area contributed by atoms with Gasteiger partial charge >= 0.3 is 0 Å². The van der Waals surface area contributed by atoms with Crippen LogP contribution in [0.5, 0.6) is 0 Å². The molecule has 0 unspecified atom stereocenters. The van der Waals surface area contributed by atoms with E-state index in [-0.39, 0.29) is 11.8 Å². The molecule has 0 aliphatic carbocycles. The number of aromatic nitrogens is 1. The predicted octanol–water partition coefficient (Wildman–Crippen LogP) is 5.05. The first-order chi connectivity index (χ1) is 13.6. The van der Waals surface area contributed by atoms with Gasteiger partial charge in [0.15, 0.2) is 0 Å². The molecule has 1 N–H and O–H groups in total. The second-order valence-corrected chi connectivity index (χ2v) is 7.90. The summed E-state index contributed by atoms with van der Waals surface area (Å²) in [7, 11) is 0. The second kappa shape index (κ2) is 8.29. The van der Waals surface area contributed by atoms with E-state index in [4.69, 9.17) is 11.6 Å². The highest BCUT2D eigenvalue weighted by Crippen LogP contribution is 2.27. The fourth-order valence-electron chi connectivity index (χ4n) is 3.94. The fourth-order valence-corrected chi connectivity index (χ4v) is 4.16. The van der Waals surface area contributed by atoms with Crippen LogP contribution in [0.4, 0.5) is 5.69 Å². The quantitative estimate of drug-likeness (QED) is 0.674. The summed E-state index contributed by atoms with van der Waals surface area (Å²) in [6.07, 6.45) is 3.54. The number of nitrogens with one attached hydrogen (secondary N) is 1. The van der Waals surface area contributed by atoms with Gasteiger partial charge in [-0.05, 0) is 62.7 Å². The van der Waals surface area contributed by atoms with Crippen molar-refractivity contribution in [3.63, 3.8) is 0 Å². The van der Waals surface area contributed by atoms with Crippen molar-refractivity contribution in [3.8, 4) is 0 Å². The van der Waals surface area contributed by atoms with E-state index >= 15 is 0 Å². The van der Waals surface area contributed by atoms with Crippen LogP contribution in [0.25, 0.3) is 10.8 Å². The second-order valence-electron chi connectivity index (χ2n) is 7.47. The normalized spacial score (nSPS) is 15.6. The number of piperidine rings is 1. The Hall–Kier alpha value is -2.43. The summed E-state index contributed by atoms with van der Waals surface area (Å²) in [4.78, 5) is 19.6. The van der Waals surface area contributed by atoms with Crippen LogP contribution >= 0.6 is 11.6 Å². The van der Waals surface area contributed by atoms with Gasteiger partial charge in [0.1, 0.15) is 0 Å². The fraction of sp³-hybridized carbons (Fsp3) is 0.304. The van der Waals surface area contributed by atoms with Crippen molar-refractivity contribution in [1.29, 1.82) is 0 Å². The highest BCUT2D eigenvalue weighted by Gasteiger charge is 2.25. The van der Waals surface area contributed by atoms with Gasteiger partial charge in [-0.15, -0.1) is 0 Å². The maximum Gasteiger partial charge on any atom is 0.227 e. The maximum absolute atomic E-state index is 12.8. The van der Waals surface area contributed by atoms with Crippen molar-refractivity contribution < 1.29 is 4.79 Å². The number of amides is 1. The summed E-state index contributed by atoms with van der Waals surface area (Å²) >= 11 is 6.08. The largest absolute Gasteiger partial charge is 0.325 e. The maximum atomic E-state index is 12.8. The number of likely N-dealkylation sites (tertiary alicyclic amines) is 1. The zero-order chi connectivity index (χ0) is 19.5. The van der Waals surface area contributed by atoms with Crippen LogP contribution in [0.1, 0.15) is 24.1 Å². The number of halogens is 1. The molecule has 2 aromatic carbocycles. The number of fused-ring (bicyclic) bond motifs is 1. The number of anilines is 1. The summed E-state index contributed by atoms with van der Waals surface area (Å²) in [6, 6.07) is 15.9. The van der Waals surface area contributed by atoms with Crippen LogP contribution in [0.15, 0.2) is 54.7 Å². The zero-order valence-corrected chi connectivity index (χ0v) is 16.7. The highest BCUT2D eigenvalue weighted by molar-refractivity contribution is 6.30. The molecule has 0 saturated carbocycles. The van der Waals surface area contributed by atoms with Gasteiger partial charge in [-0.1, -0.05) is 35.9 Å². The summed E-state index contributed by atoms with van der Waals surface area (Å²) in [6.45, 7) is 4.71. The lowest BCUT2D eigenvalue weighted by Crippen LogP contribution is -2.37. The summed E-state index contributed by atoms with van der Waals surface area (Å²) in [5.74, 6) is 0.165. The summed E-state index contributed by atoms with van der Waals surface area (Å²) < 4.78 is 0. The Balaban J connectivity index is 1.38. The van der Waals surface area contributed by atoms with Gasteiger partial charge in [-0.25, -0.2) is 0 Å². The number of carbonyl (C=O) groups is 1. The highest BCUT2D eigenvalue weighted by atomic mass is 35.5. The Kier molecular flexibility index (Phi) is 5.60. The minimum Gasteiger partial charge on any atom is -0.325 e. The first kappa shape index (κ1) is 18.9. The standard InChI is InChI=1S/C23H24ClN3O/c1-16-20-6-3-7-22(21(20)8-11-25-16)26-23(28)18-9-12-27(13-10-18)15-17-4-2-5-19(24)14-17/h2-8,11,14,18H,9-10,12-13,15H2,1H3,(H,26,28). The minimum absolute atomic E-state index is 0.0498. The lowest BCUT2D eigenvalue weighted by atomic mass is 9.95. The van der Waals surface area contributed by atoms with Crippen molar-refractivity contribution in [2.24, 2.45) is 5.92 Å². The molecule has 1 aliphatic rings. The van der Waals surface area contributed by atoms with E-state index < -0.39 is 0 Å². The van der Waals surface area contributed by atoms with Gasteiger partial charge in [-0.3, -0.25) is 14.7 Å². The molecule has 4 rings (SSSR count). The Labute approximate surface area is 170 Å². The van der Waals surface area contributed by atoms with Gasteiger partial charge in [0.2, 0.25) is 5.91 Å². The van der Waals surface area contributed by atoms with E-state index in [2.05, 4.69) is 21.3 Å². The number of aryl methyl sites for hydroxylation is 1. The monoisotopic (exact) mass is 393 g/mol. The number of benzene rings is 2. The molecule has 1 aliphatic heterocycles. The number of hydrogen-bond acceptors (Lipinski definition) is 3. The first-order valence-electron chi connectivity index (χ1n) is 9.72. The van der Waals surface area contributed by atoms with Crippen LogP contribution < -0.4 is 5.32 Å². The van der Waals surface area contributed by atoms with Gasteiger partial charge in [0.05, 0.1) is 0 Å². The van der Waals surface area contributed by atoms with E-state index in [0.29, 0.717) is 0 Å². The number of carbonyl (C=O) groups excluding carboxylic acids is 1. The summed E-state index contributed by atoms with van der Waals surface area (Å²) in [5, 5.41) is 6.05. The molecular formula is C23H24ClN3O. The van der Waals surface area contributed by atoms with Crippen molar-refractivity contribution >= 4 is 34.0 Å². The number of rotatable bonds is 4. The molecule has 0 radical (unpaired) electrons. The summed E-state index contributed by atoms with van der Waals surface area (Å²) in [5.41, 5.74) is 3.06. The Morgan fingerprint density at radius 3 is 2.71 bits per heavy atom. The van der Waals surface area contributed by atoms with Crippen LogP contribution in [0.2, 0.25) is 5.02 Å². The SMILES string of the molecule is Cc1nccc2c(NC(=O)C3CCN(Cc4cccc(Cl)c4)CC3)cccc12. The van der Waals surface area contributed by atoms with E-state index in [9.17, 15) is 4.79 Å². The van der Waals surface area contributed by atoms with E-state index in [1.165, 1.54) is 5.56 Å². The molecule has 0 spiro atoms. The Bertz CT molecular complexity index is 996. The third-order valence-corrected chi connectivity index (χ3v) is 5.75. The molecule has 144 valence electrons. The number of nitrogens with zero attached hydrogens (tertiary/aromatic N) is 2. The minimum atomic E-state index is 0.0498. The first-order valence-corrected chi connectivity index (χ1v) is 10.1. The Morgan fingerprint density at radius 2 is 1.93 bits per heavy atom. The lowest BCUT2D eigenvalue weighted by Gasteiger charge is -2.31. The molecule has 4 nitrogen and oxygen atoms in total. The average molecular weight is 394 g/mol. The molecule has 0 bridgehead atoms. The number of hydrogen-bond donors (Lipinski definition) is 1. The molecule has 28 heavy (non-hydrogen) atoms. The molecule has 1 aromatic heterocycles. The predicted molar refractivity (Wildman–Crippen MR) is 115 cm³/mol. The molecule has 0 atom stereocenters. The molecule has 1 amide bonds. The van der Waals surface area contributed by atoms with E-state index in [1.54, 1.807) is 6.20 Å². The lowest BCUT2D eigenvalue weighted by molar-refractivity contribution is -0.121. The van der Waals surface area contributed by atoms with Crippen molar-refractivity contribution in [2.75, 3.05) is 18.4 Å². The van der Waals surface area contributed by atoms with Gasteiger partial charge < -0.3 is 5.32 Å². The van der Waals surface area contributed by atoms with Crippen molar-refractivity contribution in [3.05, 3.63) is 71.0 Å². The average Bonchev–Trinajstić information content (AvgIpc) is 2.69. The molecule has 3 aromatic rings. The van der Waals surface area contributed by atoms with Gasteiger partial charge in [0.25, 0.3) is 0 Å². The zero-order valence-electron chi connectivity index (χ0n) is 16.0. The van der Waals surface area contributed by atoms with Crippen LogP contribution in [0, 0.1) is 12.8 Å². The molecule has 5 heteroatoms. The Morgan fingerprint density at radius 1 is 1.14 bits per heavy atom. The molecule has 2 heterocycles. The number of pyridine rings is 1. The van der Waals surface area contributed by atoms with Crippen LogP contribution in [-0.2, 0) is 11.3 Å². The van der Waals surface area contributed by atoms with Crippen LogP contribution in [-0.4, -0.2) is 28.9 Å². The molecule has 1 fully saturated rings. The van der Waals surface area contributed by atoms with Gasteiger partial charge in [-0.2, -0.15) is 0 Å². The topological polar surface area (TPSA) is 45.2 Å². The molecular weight excluding hydrogens is 370 g/mol. The van der Waals surface area contributed by atoms with Crippen molar-refractivity contribution in [1.82, 2.24) is 9.88 Å². The smallest absolute Gasteiger partial charge is 0.227 e. The van der Waals surface area contributed by atoms with E-state index in [0.717, 1.165) is 59.7 Å². The van der Waals surface area contributed by atoms with E-state index in [1.807, 2.05) is 49.4 Å². The van der Waals surface area contributed by atoms with Gasteiger partial charge in [0, 0.05) is 45.8 Å².